The maximum atomic E-state index is 13.3. The summed E-state index contributed by atoms with van der Waals surface area (Å²) in [6, 6.07) is 6.47. The summed E-state index contributed by atoms with van der Waals surface area (Å²) in [6.07, 6.45) is 4.81. The third-order valence-corrected chi connectivity index (χ3v) is 6.61. The smallest absolute Gasteiger partial charge is 0.269 e. The molecule has 31 heavy (non-hydrogen) atoms. The molecule has 0 unspecified atom stereocenters. The molecule has 0 spiro atoms. The van der Waals surface area contributed by atoms with Crippen LogP contribution in [0, 0.1) is 15.5 Å². The number of benzene rings is 1. The Kier molecular flexibility index (Phi) is 4.39. The van der Waals surface area contributed by atoms with Gasteiger partial charge in [0.1, 0.15) is 5.76 Å². The van der Waals surface area contributed by atoms with Gasteiger partial charge in [-0.25, -0.2) is 4.98 Å². The molecule has 0 bridgehead atoms. The summed E-state index contributed by atoms with van der Waals surface area (Å²) in [4.78, 5) is 29.2. The van der Waals surface area contributed by atoms with Crippen molar-refractivity contribution in [2.45, 2.75) is 58.3 Å². The number of ketones is 1. The first-order chi connectivity index (χ1) is 14.7. The van der Waals surface area contributed by atoms with Crippen LogP contribution >= 0.6 is 0 Å². The van der Waals surface area contributed by atoms with Gasteiger partial charge in [0.2, 0.25) is 5.88 Å². The van der Waals surface area contributed by atoms with Crippen molar-refractivity contribution in [3.05, 3.63) is 68.1 Å². The Bertz CT molecular complexity index is 1170. The number of Topliss-reactive ketones (excluding diaryl/α,β-unsaturated/α-hetero) is 1. The number of rotatable bonds is 2. The summed E-state index contributed by atoms with van der Waals surface area (Å²) in [5.41, 5.74) is 11.0. The van der Waals surface area contributed by atoms with Crippen molar-refractivity contribution in [1.29, 1.82) is 0 Å². The molecular formula is C24H25N3O4. The molecule has 160 valence electrons. The van der Waals surface area contributed by atoms with Crippen molar-refractivity contribution >= 4 is 17.2 Å². The molecule has 1 aliphatic heterocycles. The number of nitrogens with two attached hydrogens (primary N) is 1. The second kappa shape index (κ2) is 6.90. The van der Waals surface area contributed by atoms with Crippen LogP contribution in [0.3, 0.4) is 0 Å². The average Bonchev–Trinajstić information content (AvgIpc) is 2.71. The Morgan fingerprint density at radius 2 is 2.00 bits per heavy atom. The zero-order chi connectivity index (χ0) is 21.9. The molecule has 2 heterocycles. The molecule has 2 aromatic rings. The van der Waals surface area contributed by atoms with Crippen LogP contribution in [-0.2, 0) is 17.6 Å². The Hall–Kier alpha value is -3.22. The first kappa shape index (κ1) is 19.7. The molecule has 0 radical (unpaired) electrons. The van der Waals surface area contributed by atoms with Gasteiger partial charge in [0.05, 0.1) is 10.5 Å². The van der Waals surface area contributed by atoms with E-state index in [0.717, 1.165) is 36.9 Å². The number of non-ortho nitro benzene ring substituents is 1. The fraction of sp³-hybridized carbons (Fsp3) is 0.417. The van der Waals surface area contributed by atoms with Gasteiger partial charge in [-0.2, -0.15) is 0 Å². The second-order valence-corrected chi connectivity index (χ2v) is 9.54. The fourth-order valence-corrected chi connectivity index (χ4v) is 5.22. The lowest BCUT2D eigenvalue weighted by Crippen LogP contribution is -2.34. The van der Waals surface area contributed by atoms with E-state index in [9.17, 15) is 14.9 Å². The largest absolute Gasteiger partial charge is 0.443 e. The van der Waals surface area contributed by atoms with Crippen LogP contribution in [0.2, 0.25) is 0 Å². The first-order valence-corrected chi connectivity index (χ1v) is 10.7. The van der Waals surface area contributed by atoms with Crippen molar-refractivity contribution in [3.8, 4) is 5.88 Å². The third kappa shape index (κ3) is 3.19. The Morgan fingerprint density at radius 3 is 2.77 bits per heavy atom. The number of nitrogens with zero attached hydrogens (tertiary/aromatic N) is 2. The molecule has 0 fully saturated rings. The summed E-state index contributed by atoms with van der Waals surface area (Å²) < 4.78 is 6.25. The molecule has 2 N–H and O–H groups in total. The van der Waals surface area contributed by atoms with E-state index in [0.29, 0.717) is 46.9 Å². The van der Waals surface area contributed by atoms with Crippen LogP contribution in [0.15, 0.2) is 35.6 Å². The zero-order valence-electron chi connectivity index (χ0n) is 17.7. The van der Waals surface area contributed by atoms with Gasteiger partial charge in [0.25, 0.3) is 5.69 Å². The van der Waals surface area contributed by atoms with Gasteiger partial charge in [-0.15, -0.1) is 0 Å². The minimum atomic E-state index is -0.512. The number of fused-ring (bicyclic) bond motifs is 2. The SMILES string of the molecule is CC1(C)CC(=O)C2=C(C1)Oc1nc3c(c(N)c1[C@H]2c1cccc([N+](=O)[O-])c1)CCCC3. The average molecular weight is 419 g/mol. The number of hydrogen-bond acceptors (Lipinski definition) is 6. The van der Waals surface area contributed by atoms with E-state index in [1.807, 2.05) is 19.9 Å². The number of allylic oxidation sites excluding steroid dienone is 2. The number of aromatic nitrogens is 1. The molecule has 2 aliphatic carbocycles. The molecular weight excluding hydrogens is 394 g/mol. The van der Waals surface area contributed by atoms with Crippen molar-refractivity contribution in [2.24, 2.45) is 5.41 Å². The highest BCUT2D eigenvalue weighted by Crippen LogP contribution is 2.52. The van der Waals surface area contributed by atoms with Crippen molar-refractivity contribution in [2.75, 3.05) is 5.73 Å². The second-order valence-electron chi connectivity index (χ2n) is 9.54. The van der Waals surface area contributed by atoms with Crippen LogP contribution in [0.5, 0.6) is 5.88 Å². The van der Waals surface area contributed by atoms with Gasteiger partial charge in [0.15, 0.2) is 5.78 Å². The van der Waals surface area contributed by atoms with E-state index < -0.39 is 10.8 Å². The zero-order valence-corrected chi connectivity index (χ0v) is 17.7. The van der Waals surface area contributed by atoms with Crippen LogP contribution in [-0.4, -0.2) is 15.7 Å². The molecule has 1 atom stereocenters. The normalized spacial score (nSPS) is 21.6. The third-order valence-electron chi connectivity index (χ3n) is 6.61. The summed E-state index contributed by atoms with van der Waals surface area (Å²) in [7, 11) is 0. The molecule has 5 rings (SSSR count). The Balaban J connectivity index is 1.77. The van der Waals surface area contributed by atoms with Crippen LogP contribution < -0.4 is 10.5 Å². The van der Waals surface area contributed by atoms with E-state index >= 15 is 0 Å². The predicted octanol–water partition coefficient (Wildman–Crippen LogP) is 4.62. The number of carbonyl (C=O) groups excluding carboxylic acids is 1. The number of nitrogen functional groups attached to an aromatic ring is 1. The number of carbonyl (C=O) groups is 1. The molecule has 1 aromatic heterocycles. The van der Waals surface area contributed by atoms with Gasteiger partial charge < -0.3 is 10.5 Å². The summed E-state index contributed by atoms with van der Waals surface area (Å²) >= 11 is 0. The monoisotopic (exact) mass is 419 g/mol. The topological polar surface area (TPSA) is 108 Å². The number of hydrogen-bond donors (Lipinski definition) is 1. The number of anilines is 1. The lowest BCUT2D eigenvalue weighted by atomic mass is 9.69. The van der Waals surface area contributed by atoms with Crippen molar-refractivity contribution in [1.82, 2.24) is 4.98 Å². The number of nitro benzene ring substituents is 1. The summed E-state index contributed by atoms with van der Waals surface area (Å²) in [5, 5.41) is 11.4. The van der Waals surface area contributed by atoms with E-state index in [1.165, 1.54) is 12.1 Å². The van der Waals surface area contributed by atoms with Crippen LogP contribution in [0.25, 0.3) is 0 Å². The summed E-state index contributed by atoms with van der Waals surface area (Å²) in [5.74, 6) is 0.555. The summed E-state index contributed by atoms with van der Waals surface area (Å²) in [6.45, 7) is 4.09. The van der Waals surface area contributed by atoms with E-state index in [1.54, 1.807) is 6.07 Å². The van der Waals surface area contributed by atoms with Gasteiger partial charge >= 0.3 is 0 Å². The van der Waals surface area contributed by atoms with Crippen LogP contribution in [0.4, 0.5) is 11.4 Å². The fourth-order valence-electron chi connectivity index (χ4n) is 5.22. The lowest BCUT2D eigenvalue weighted by Gasteiger charge is -2.39. The molecule has 1 aromatic carbocycles. The van der Waals surface area contributed by atoms with Crippen molar-refractivity contribution < 1.29 is 14.5 Å². The van der Waals surface area contributed by atoms with Gasteiger partial charge in [-0.05, 0) is 42.2 Å². The highest BCUT2D eigenvalue weighted by atomic mass is 16.6. The number of ether oxygens (including phenoxy) is 1. The first-order valence-electron chi connectivity index (χ1n) is 10.7. The van der Waals surface area contributed by atoms with Crippen LogP contribution in [0.1, 0.15) is 67.8 Å². The minimum absolute atomic E-state index is 0.00512. The predicted molar refractivity (Wildman–Crippen MR) is 116 cm³/mol. The maximum Gasteiger partial charge on any atom is 0.269 e. The quantitative estimate of drug-likeness (QED) is 0.562. The molecule has 7 nitrogen and oxygen atoms in total. The number of nitro groups is 1. The highest BCUT2D eigenvalue weighted by Gasteiger charge is 2.44. The molecule has 3 aliphatic rings. The standard InChI is InChI=1S/C24H25N3O4/c1-24(2)11-17(28)20-18(12-24)31-23-21(22(25)15-8-3-4-9-16(15)26-23)19(20)13-6-5-7-14(10-13)27(29)30/h5-7,10,19H,3-4,8-9,11-12H2,1-2H3,(H2,25,26)/t19-/m0/s1. The maximum absolute atomic E-state index is 13.3. The van der Waals surface area contributed by atoms with Gasteiger partial charge in [0, 0.05) is 47.8 Å². The molecule has 7 heteroatoms. The van der Waals surface area contributed by atoms with E-state index in [-0.39, 0.29) is 16.9 Å². The van der Waals surface area contributed by atoms with E-state index in [2.05, 4.69) is 0 Å². The molecule has 0 amide bonds. The van der Waals surface area contributed by atoms with Gasteiger partial charge in [-0.1, -0.05) is 26.0 Å². The minimum Gasteiger partial charge on any atom is -0.443 e. The number of aryl methyl sites for hydroxylation is 1. The van der Waals surface area contributed by atoms with Crippen molar-refractivity contribution in [3.63, 3.8) is 0 Å². The molecule has 0 saturated heterocycles. The Morgan fingerprint density at radius 1 is 1.23 bits per heavy atom. The Labute approximate surface area is 180 Å². The van der Waals surface area contributed by atoms with Gasteiger partial charge in [-0.3, -0.25) is 14.9 Å². The van der Waals surface area contributed by atoms with E-state index in [4.69, 9.17) is 15.5 Å². The lowest BCUT2D eigenvalue weighted by molar-refractivity contribution is -0.384. The highest BCUT2D eigenvalue weighted by molar-refractivity contribution is 6.00. The molecule has 0 saturated carbocycles. The number of pyridine rings is 1.